The van der Waals surface area contributed by atoms with Gasteiger partial charge in [-0.05, 0) is 198 Å². The Morgan fingerprint density at radius 3 is 1.11 bits per heavy atom. The number of anilines is 6. The number of fused-ring (bicyclic) bond motifs is 38. The molecule has 0 amide bonds. The van der Waals surface area contributed by atoms with Gasteiger partial charge in [-0.2, -0.15) is 0 Å². The number of aromatic nitrogens is 1. The third-order valence-corrected chi connectivity index (χ3v) is 26.6. The van der Waals surface area contributed by atoms with Gasteiger partial charge in [0.2, 0.25) is 0 Å². The lowest BCUT2D eigenvalue weighted by atomic mass is 9.33. The standard InChI is InChI=1S/C105H62BN3/c1-2-27-63(28-3-1)64-53-58-95-92(59-64)106-91-57-56-89-100(78-39-12-23-48-87(78)104(89)81-42-17-6-31-69(81)70-32-7-18-43-82(70)104)102(91)108(65-54-55-74-73-35-10-21-46-85(73)105(90(74)60-65)83-44-19-8-33-71(83)72-34-9-20-45-84(72)105)97-61-66(107-93-50-24-13-36-75(93)76-37-14-25-51-94(76)107)62-98(101(97)106)109(95)96-52-26-49-88-99(96)77-38-11-22-47-86(77)103(88)79-40-15-4-29-67(79)68-30-5-16-41-80(68)103/h1-62H. The molecule has 3 heterocycles. The van der Waals surface area contributed by atoms with Crippen molar-refractivity contribution in [1.29, 1.82) is 0 Å². The Labute approximate surface area is 631 Å². The molecule has 4 heteroatoms. The number of rotatable bonds is 4. The molecule has 0 N–H and O–H groups in total. The summed E-state index contributed by atoms with van der Waals surface area (Å²) in [6, 6.07) is 146. The first kappa shape index (κ1) is 58.5. The monoisotopic (exact) mass is 1380 g/mol. The molecule has 0 atom stereocenters. The van der Waals surface area contributed by atoms with Crippen molar-refractivity contribution < 1.29 is 0 Å². The summed E-state index contributed by atoms with van der Waals surface area (Å²) in [5.74, 6) is 0. The summed E-state index contributed by atoms with van der Waals surface area (Å²) >= 11 is 0. The van der Waals surface area contributed by atoms with Gasteiger partial charge in [0.15, 0.2) is 0 Å². The number of benzene rings is 17. The van der Waals surface area contributed by atoms with Gasteiger partial charge >= 0.3 is 0 Å². The summed E-state index contributed by atoms with van der Waals surface area (Å²) in [5.41, 5.74) is 45.8. The molecule has 0 unspecified atom stereocenters. The SMILES string of the molecule is c1ccc(-c2ccc3c(c2)B2c4ccc5c(c4N(c4ccc6c(c4)C4(c7ccccc7-c7ccccc74)c4ccccc4-6)c4cc(-n6c7ccccc7c7ccccc76)cc(c42)N3c2cccc3c2-c2ccccc2C32c3ccccc3-c3ccccc32)-c2ccccc2C52c3ccccc3-c3ccccc32)cc1. The van der Waals surface area contributed by atoms with E-state index in [0.717, 1.165) is 45.2 Å². The van der Waals surface area contributed by atoms with E-state index in [9.17, 15) is 0 Å². The van der Waals surface area contributed by atoms with Crippen LogP contribution in [0.15, 0.2) is 376 Å². The number of para-hydroxylation sites is 2. The van der Waals surface area contributed by atoms with Crippen molar-refractivity contribution in [2.75, 3.05) is 9.80 Å². The van der Waals surface area contributed by atoms with Crippen LogP contribution in [0.25, 0.3) is 105 Å². The van der Waals surface area contributed by atoms with Crippen LogP contribution in [0.1, 0.15) is 66.8 Å². The number of hydrogen-bond donors (Lipinski definition) is 0. The zero-order chi connectivity index (χ0) is 70.7. The Hall–Kier alpha value is -13.8. The first-order valence-corrected chi connectivity index (χ1v) is 38.4. The minimum atomic E-state index is -0.625. The Morgan fingerprint density at radius 2 is 0.606 bits per heavy atom. The van der Waals surface area contributed by atoms with Crippen molar-refractivity contribution >= 4 is 79.0 Å². The maximum atomic E-state index is 2.80. The Morgan fingerprint density at radius 1 is 0.211 bits per heavy atom. The van der Waals surface area contributed by atoms with Gasteiger partial charge < -0.3 is 14.4 Å². The molecule has 26 rings (SSSR count). The van der Waals surface area contributed by atoms with E-state index in [-0.39, 0.29) is 6.71 Å². The molecule has 1 aromatic heterocycles. The predicted octanol–water partition coefficient (Wildman–Crippen LogP) is 23.6. The molecular formula is C105H62BN3. The molecule has 17 aromatic carbocycles. The van der Waals surface area contributed by atoms with Gasteiger partial charge in [-0.25, -0.2) is 0 Å². The average Bonchev–Trinajstić information content (AvgIpc) is 1.55. The minimum Gasteiger partial charge on any atom is -0.311 e. The van der Waals surface area contributed by atoms with Gasteiger partial charge in [0.05, 0.1) is 38.7 Å². The van der Waals surface area contributed by atoms with Crippen LogP contribution < -0.4 is 26.2 Å². The van der Waals surface area contributed by atoms with E-state index in [0.29, 0.717) is 0 Å². The molecule has 0 saturated heterocycles. The fourth-order valence-corrected chi connectivity index (χ4v) is 22.8. The van der Waals surface area contributed by atoms with Crippen LogP contribution in [0.4, 0.5) is 34.1 Å². The average molecular weight is 1380 g/mol. The van der Waals surface area contributed by atoms with Crippen LogP contribution >= 0.6 is 0 Å². The third kappa shape index (κ3) is 6.92. The van der Waals surface area contributed by atoms with E-state index in [4.69, 9.17) is 0 Å². The molecule has 0 radical (unpaired) electrons. The first-order chi connectivity index (χ1) is 54.1. The smallest absolute Gasteiger partial charge is 0.252 e. The normalized spacial score (nSPS) is 15.0. The molecule has 0 fully saturated rings. The molecule has 8 aliphatic rings. The molecular weight excluding hydrogens is 1310 g/mol. The van der Waals surface area contributed by atoms with Crippen molar-refractivity contribution in [2.45, 2.75) is 16.2 Å². The van der Waals surface area contributed by atoms with E-state index in [2.05, 4.69) is 390 Å². The first-order valence-electron chi connectivity index (χ1n) is 38.4. The van der Waals surface area contributed by atoms with E-state index < -0.39 is 16.2 Å². The molecule has 109 heavy (non-hydrogen) atoms. The minimum absolute atomic E-state index is 0.266. The second-order valence-electron chi connectivity index (χ2n) is 31.0. The zero-order valence-corrected chi connectivity index (χ0v) is 59.2. The maximum Gasteiger partial charge on any atom is 0.252 e. The molecule has 0 bridgehead atoms. The lowest BCUT2D eigenvalue weighted by Gasteiger charge is -2.46. The second-order valence-corrected chi connectivity index (χ2v) is 31.0. The molecule has 0 saturated carbocycles. The summed E-state index contributed by atoms with van der Waals surface area (Å²) in [6.45, 7) is -0.266. The van der Waals surface area contributed by atoms with E-state index in [1.165, 1.54) is 177 Å². The van der Waals surface area contributed by atoms with Crippen molar-refractivity contribution in [3.63, 3.8) is 0 Å². The highest BCUT2D eigenvalue weighted by Crippen LogP contribution is 2.69. The Balaban J connectivity index is 0.841. The Kier molecular flexibility index (Phi) is 11.2. The molecule has 2 aliphatic heterocycles. The van der Waals surface area contributed by atoms with Crippen LogP contribution in [-0.4, -0.2) is 11.3 Å². The zero-order valence-electron chi connectivity index (χ0n) is 59.2. The van der Waals surface area contributed by atoms with Gasteiger partial charge in [-0.3, -0.25) is 0 Å². The molecule has 500 valence electrons. The number of nitrogens with zero attached hydrogens (tertiary/aromatic N) is 3. The van der Waals surface area contributed by atoms with Crippen molar-refractivity contribution in [2.24, 2.45) is 0 Å². The van der Waals surface area contributed by atoms with Gasteiger partial charge in [0.25, 0.3) is 6.71 Å². The molecule has 6 aliphatic carbocycles. The van der Waals surface area contributed by atoms with Gasteiger partial charge in [0.1, 0.15) is 0 Å². The van der Waals surface area contributed by atoms with Crippen LogP contribution in [0.3, 0.4) is 0 Å². The molecule has 18 aromatic rings. The predicted molar refractivity (Wildman–Crippen MR) is 449 cm³/mol. The highest BCUT2D eigenvalue weighted by atomic mass is 15.2. The maximum absolute atomic E-state index is 2.80. The highest BCUT2D eigenvalue weighted by molar-refractivity contribution is 7.00. The highest BCUT2D eigenvalue weighted by Gasteiger charge is 2.58. The van der Waals surface area contributed by atoms with Crippen molar-refractivity contribution in [1.82, 2.24) is 4.57 Å². The van der Waals surface area contributed by atoms with Crippen molar-refractivity contribution in [3.8, 4) is 83.6 Å². The molecule has 3 spiro atoms. The van der Waals surface area contributed by atoms with E-state index >= 15 is 0 Å². The summed E-state index contributed by atoms with van der Waals surface area (Å²) < 4.78 is 2.58. The van der Waals surface area contributed by atoms with Gasteiger partial charge in [-0.15, -0.1) is 0 Å². The largest absolute Gasteiger partial charge is 0.311 e. The van der Waals surface area contributed by atoms with Crippen LogP contribution in [-0.2, 0) is 16.2 Å². The lowest BCUT2D eigenvalue weighted by molar-refractivity contribution is 0.793. The third-order valence-electron chi connectivity index (χ3n) is 26.6. The van der Waals surface area contributed by atoms with E-state index in [1.54, 1.807) is 0 Å². The Bertz CT molecular complexity index is 6960. The summed E-state index contributed by atoms with van der Waals surface area (Å²) in [4.78, 5) is 5.52. The van der Waals surface area contributed by atoms with E-state index in [1.807, 2.05) is 0 Å². The lowest BCUT2D eigenvalue weighted by Crippen LogP contribution is -2.61. The topological polar surface area (TPSA) is 11.4 Å². The van der Waals surface area contributed by atoms with Crippen LogP contribution in [0.5, 0.6) is 0 Å². The summed E-state index contributed by atoms with van der Waals surface area (Å²) in [5, 5.41) is 2.44. The molecule has 3 nitrogen and oxygen atoms in total. The quantitative estimate of drug-likeness (QED) is 0.163. The summed E-state index contributed by atoms with van der Waals surface area (Å²) in [6.07, 6.45) is 0. The van der Waals surface area contributed by atoms with Crippen LogP contribution in [0, 0.1) is 0 Å². The fraction of sp³-hybridized carbons (Fsp3) is 0.0286. The number of hydrogen-bond acceptors (Lipinski definition) is 2. The van der Waals surface area contributed by atoms with Crippen molar-refractivity contribution in [3.05, 3.63) is 443 Å². The van der Waals surface area contributed by atoms with Crippen LogP contribution in [0.2, 0.25) is 0 Å². The summed E-state index contributed by atoms with van der Waals surface area (Å²) in [7, 11) is 0. The van der Waals surface area contributed by atoms with Gasteiger partial charge in [0, 0.05) is 50.3 Å². The van der Waals surface area contributed by atoms with Gasteiger partial charge in [-0.1, -0.05) is 328 Å². The fourth-order valence-electron chi connectivity index (χ4n) is 22.8. The second kappa shape index (κ2) is 20.8.